The van der Waals surface area contributed by atoms with Crippen molar-refractivity contribution in [3.63, 3.8) is 0 Å². The molecule has 3 heterocycles. The minimum absolute atomic E-state index is 0.0724. The Balaban J connectivity index is 1.49. The van der Waals surface area contributed by atoms with E-state index < -0.39 is 5.54 Å². The second-order valence-corrected chi connectivity index (χ2v) is 8.46. The molecule has 0 radical (unpaired) electrons. The summed E-state index contributed by atoms with van der Waals surface area (Å²) in [6.07, 6.45) is 1.48. The number of aryl methyl sites for hydroxylation is 3. The molecular weight excluding hydrogens is 380 g/mol. The highest BCUT2D eigenvalue weighted by molar-refractivity contribution is 5.81. The monoisotopic (exact) mass is 410 g/mol. The Morgan fingerprint density at radius 3 is 2.70 bits per heavy atom. The van der Waals surface area contributed by atoms with Gasteiger partial charge in [-0.25, -0.2) is 0 Å². The predicted octanol–water partition coefficient (Wildman–Crippen LogP) is 2.31. The largest absolute Gasteiger partial charge is 0.379 e. The minimum Gasteiger partial charge on any atom is -0.379 e. The van der Waals surface area contributed by atoms with Gasteiger partial charge in [-0.2, -0.15) is 5.10 Å². The van der Waals surface area contributed by atoms with Gasteiger partial charge in [-0.1, -0.05) is 30.3 Å². The molecule has 1 spiro atoms. The van der Waals surface area contributed by atoms with E-state index in [0.717, 1.165) is 23.4 Å². The first kappa shape index (κ1) is 20.6. The lowest BCUT2D eigenvalue weighted by Gasteiger charge is -2.40. The zero-order valence-electron chi connectivity index (χ0n) is 17.8. The molecule has 2 aromatic rings. The van der Waals surface area contributed by atoms with E-state index in [9.17, 15) is 9.59 Å². The Kier molecular flexibility index (Phi) is 5.90. The number of rotatable bonds is 5. The number of hydrogen-bond acceptors (Lipinski definition) is 4. The van der Waals surface area contributed by atoms with Crippen molar-refractivity contribution >= 4 is 11.8 Å². The minimum atomic E-state index is -0.447. The quantitative estimate of drug-likeness (QED) is 0.759. The van der Waals surface area contributed by atoms with Crippen molar-refractivity contribution in [2.24, 2.45) is 0 Å². The standard InChI is InChI=1S/C23H30N4O3/c1-18-14-19(2)27(24-18)12-9-21(28)25-11-8-22(29)26(15-20-6-4-3-5-7-20)23(16-25)10-13-30-17-23/h3-7,14H,8-13,15-17H2,1-2H3. The highest BCUT2D eigenvalue weighted by atomic mass is 16.5. The molecule has 1 aromatic carbocycles. The molecule has 2 amide bonds. The zero-order valence-corrected chi connectivity index (χ0v) is 17.8. The van der Waals surface area contributed by atoms with Gasteiger partial charge < -0.3 is 14.5 Å². The van der Waals surface area contributed by atoms with Gasteiger partial charge in [0.1, 0.15) is 0 Å². The normalized spacial score (nSPS) is 22.0. The summed E-state index contributed by atoms with van der Waals surface area (Å²) < 4.78 is 7.62. The third-order valence-corrected chi connectivity index (χ3v) is 6.21. The molecule has 4 rings (SSSR count). The van der Waals surface area contributed by atoms with Gasteiger partial charge in [0, 0.05) is 51.3 Å². The zero-order chi connectivity index (χ0) is 21.1. The van der Waals surface area contributed by atoms with Crippen LogP contribution in [0.4, 0.5) is 0 Å². The van der Waals surface area contributed by atoms with Crippen LogP contribution in [-0.2, 0) is 27.4 Å². The van der Waals surface area contributed by atoms with E-state index in [1.165, 1.54) is 0 Å². The average molecular weight is 411 g/mol. The first-order valence-electron chi connectivity index (χ1n) is 10.7. The maximum atomic E-state index is 13.1. The molecule has 2 saturated heterocycles. The van der Waals surface area contributed by atoms with Crippen LogP contribution in [0.5, 0.6) is 0 Å². The van der Waals surface area contributed by atoms with Crippen molar-refractivity contribution in [1.82, 2.24) is 19.6 Å². The van der Waals surface area contributed by atoms with E-state index >= 15 is 0 Å². The van der Waals surface area contributed by atoms with Gasteiger partial charge in [0.2, 0.25) is 11.8 Å². The molecule has 1 unspecified atom stereocenters. The lowest BCUT2D eigenvalue weighted by molar-refractivity contribution is -0.138. The molecule has 160 valence electrons. The predicted molar refractivity (Wildman–Crippen MR) is 113 cm³/mol. The van der Waals surface area contributed by atoms with E-state index in [1.807, 2.05) is 64.7 Å². The maximum absolute atomic E-state index is 13.1. The van der Waals surface area contributed by atoms with E-state index in [1.54, 1.807) is 0 Å². The SMILES string of the molecule is Cc1cc(C)n(CCC(=O)N2CCC(=O)N(Cc3ccccc3)C3(CCOC3)C2)n1. The van der Waals surface area contributed by atoms with Gasteiger partial charge in [0.15, 0.2) is 0 Å². The highest BCUT2D eigenvalue weighted by Gasteiger charge is 2.46. The fourth-order valence-corrected chi connectivity index (χ4v) is 4.58. The molecule has 0 saturated carbocycles. The van der Waals surface area contributed by atoms with E-state index in [-0.39, 0.29) is 11.8 Å². The summed E-state index contributed by atoms with van der Waals surface area (Å²) in [5.41, 5.74) is 2.67. The van der Waals surface area contributed by atoms with Crippen LogP contribution in [0.2, 0.25) is 0 Å². The molecule has 2 aliphatic heterocycles. The molecule has 0 bridgehead atoms. The van der Waals surface area contributed by atoms with E-state index in [2.05, 4.69) is 5.10 Å². The van der Waals surface area contributed by atoms with Gasteiger partial charge in [0.25, 0.3) is 0 Å². The number of ether oxygens (including phenoxy) is 1. The summed E-state index contributed by atoms with van der Waals surface area (Å²) in [6, 6.07) is 12.1. The van der Waals surface area contributed by atoms with Crippen LogP contribution in [-0.4, -0.2) is 63.2 Å². The molecule has 0 aliphatic carbocycles. The van der Waals surface area contributed by atoms with Crippen LogP contribution in [0.3, 0.4) is 0 Å². The van der Waals surface area contributed by atoms with Crippen molar-refractivity contribution in [2.75, 3.05) is 26.3 Å². The van der Waals surface area contributed by atoms with E-state index in [4.69, 9.17) is 4.74 Å². The fraction of sp³-hybridized carbons (Fsp3) is 0.522. The second-order valence-electron chi connectivity index (χ2n) is 8.46. The first-order valence-corrected chi connectivity index (χ1v) is 10.7. The molecule has 1 aromatic heterocycles. The second kappa shape index (κ2) is 8.60. The molecule has 7 heteroatoms. The number of carbonyl (C=O) groups is 2. The van der Waals surface area contributed by atoms with Gasteiger partial charge in [-0.15, -0.1) is 0 Å². The fourth-order valence-electron chi connectivity index (χ4n) is 4.58. The van der Waals surface area contributed by atoms with Crippen molar-refractivity contribution in [1.29, 1.82) is 0 Å². The molecule has 0 N–H and O–H groups in total. The van der Waals surface area contributed by atoms with Gasteiger partial charge in [0.05, 0.1) is 17.8 Å². The number of aromatic nitrogens is 2. The smallest absolute Gasteiger partial charge is 0.225 e. The molecule has 7 nitrogen and oxygen atoms in total. The number of carbonyl (C=O) groups excluding carboxylic acids is 2. The Bertz CT molecular complexity index is 902. The van der Waals surface area contributed by atoms with Crippen LogP contribution in [0.1, 0.15) is 36.2 Å². The van der Waals surface area contributed by atoms with Crippen LogP contribution >= 0.6 is 0 Å². The summed E-state index contributed by atoms with van der Waals surface area (Å²) in [5, 5.41) is 4.45. The topological polar surface area (TPSA) is 67.7 Å². The average Bonchev–Trinajstić information content (AvgIpc) is 3.30. The van der Waals surface area contributed by atoms with Gasteiger partial charge in [-0.3, -0.25) is 14.3 Å². The number of nitrogens with zero attached hydrogens (tertiary/aromatic N) is 4. The summed E-state index contributed by atoms with van der Waals surface area (Å²) in [6.45, 7) is 7.15. The molecule has 1 atom stereocenters. The molecular formula is C23H30N4O3. The summed E-state index contributed by atoms with van der Waals surface area (Å²) in [4.78, 5) is 30.0. The Morgan fingerprint density at radius 2 is 2.03 bits per heavy atom. The highest BCUT2D eigenvalue weighted by Crippen LogP contribution is 2.32. The lowest BCUT2D eigenvalue weighted by atomic mass is 9.94. The summed E-state index contributed by atoms with van der Waals surface area (Å²) >= 11 is 0. The molecule has 2 aliphatic rings. The van der Waals surface area contributed by atoms with Crippen LogP contribution in [0, 0.1) is 13.8 Å². The lowest BCUT2D eigenvalue weighted by Crippen LogP contribution is -2.56. The number of benzene rings is 1. The Morgan fingerprint density at radius 1 is 1.23 bits per heavy atom. The maximum Gasteiger partial charge on any atom is 0.225 e. The number of hydrogen-bond donors (Lipinski definition) is 0. The van der Waals surface area contributed by atoms with E-state index in [0.29, 0.717) is 52.2 Å². The van der Waals surface area contributed by atoms with Crippen LogP contribution < -0.4 is 0 Å². The van der Waals surface area contributed by atoms with Crippen LogP contribution in [0.15, 0.2) is 36.4 Å². The first-order chi connectivity index (χ1) is 14.5. The van der Waals surface area contributed by atoms with Crippen molar-refractivity contribution < 1.29 is 14.3 Å². The van der Waals surface area contributed by atoms with Gasteiger partial charge >= 0.3 is 0 Å². The molecule has 30 heavy (non-hydrogen) atoms. The molecule has 2 fully saturated rings. The number of amides is 2. The van der Waals surface area contributed by atoms with Crippen molar-refractivity contribution in [3.8, 4) is 0 Å². The Hall–Kier alpha value is -2.67. The third-order valence-electron chi connectivity index (χ3n) is 6.21. The summed E-state index contributed by atoms with van der Waals surface area (Å²) in [5.74, 6) is 0.168. The van der Waals surface area contributed by atoms with Crippen LogP contribution in [0.25, 0.3) is 0 Å². The van der Waals surface area contributed by atoms with Gasteiger partial charge in [-0.05, 0) is 31.9 Å². The Labute approximate surface area is 177 Å². The van der Waals surface area contributed by atoms with Crippen molar-refractivity contribution in [2.45, 2.75) is 51.7 Å². The third kappa shape index (κ3) is 4.26. The summed E-state index contributed by atoms with van der Waals surface area (Å²) in [7, 11) is 0. The van der Waals surface area contributed by atoms with Crippen molar-refractivity contribution in [3.05, 3.63) is 53.3 Å².